The van der Waals surface area contributed by atoms with Crippen LogP contribution in [-0.4, -0.2) is 18.4 Å². The summed E-state index contributed by atoms with van der Waals surface area (Å²) in [6.07, 6.45) is 0. The lowest BCUT2D eigenvalue weighted by atomic mass is 10.1. The Bertz CT molecular complexity index is 723. The molecule has 0 unspecified atom stereocenters. The van der Waals surface area contributed by atoms with Crippen LogP contribution in [0.5, 0.6) is 5.75 Å². The van der Waals surface area contributed by atoms with E-state index >= 15 is 0 Å². The first-order chi connectivity index (χ1) is 10.6. The van der Waals surface area contributed by atoms with Gasteiger partial charge in [-0.25, -0.2) is 0 Å². The zero-order valence-corrected chi connectivity index (χ0v) is 12.2. The lowest BCUT2D eigenvalue weighted by Crippen LogP contribution is -2.29. The third kappa shape index (κ3) is 2.93. The molecule has 5 heteroatoms. The number of hydrogen-bond donors (Lipinski definition) is 2. The number of benzene rings is 2. The van der Waals surface area contributed by atoms with Gasteiger partial charge in [-0.05, 0) is 24.6 Å². The van der Waals surface area contributed by atoms with Crippen molar-refractivity contribution in [3.63, 3.8) is 0 Å². The van der Waals surface area contributed by atoms with Gasteiger partial charge in [0, 0.05) is 6.54 Å². The second-order valence-electron chi connectivity index (χ2n) is 5.19. The van der Waals surface area contributed by atoms with Crippen molar-refractivity contribution in [3.05, 3.63) is 59.2 Å². The first-order valence-electron chi connectivity index (χ1n) is 7.03. The summed E-state index contributed by atoms with van der Waals surface area (Å²) in [4.78, 5) is 23.6. The van der Waals surface area contributed by atoms with Crippen LogP contribution in [0, 0.1) is 6.92 Å². The molecule has 2 aromatic rings. The molecule has 0 saturated heterocycles. The number of carbonyl (C=O) groups excluding carboxylic acids is 2. The third-order valence-electron chi connectivity index (χ3n) is 3.46. The van der Waals surface area contributed by atoms with Crippen molar-refractivity contribution in [2.24, 2.45) is 0 Å². The SMILES string of the molecule is Cc1ccc(CNC(=O)c2cccc3c2OCC(=O)N3)cc1. The van der Waals surface area contributed by atoms with E-state index in [-0.39, 0.29) is 18.4 Å². The molecule has 22 heavy (non-hydrogen) atoms. The normalized spacial score (nSPS) is 12.9. The number of anilines is 1. The highest BCUT2D eigenvalue weighted by Crippen LogP contribution is 2.31. The Morgan fingerprint density at radius 3 is 2.77 bits per heavy atom. The highest BCUT2D eigenvalue weighted by atomic mass is 16.5. The number of hydrogen-bond acceptors (Lipinski definition) is 3. The van der Waals surface area contributed by atoms with Crippen molar-refractivity contribution in [2.75, 3.05) is 11.9 Å². The number of amides is 2. The zero-order chi connectivity index (χ0) is 15.5. The van der Waals surface area contributed by atoms with E-state index < -0.39 is 0 Å². The van der Waals surface area contributed by atoms with E-state index in [1.807, 2.05) is 31.2 Å². The molecule has 0 aromatic heterocycles. The Labute approximate surface area is 128 Å². The lowest BCUT2D eigenvalue weighted by molar-refractivity contribution is -0.118. The van der Waals surface area contributed by atoms with E-state index in [0.29, 0.717) is 23.5 Å². The first kappa shape index (κ1) is 14.1. The van der Waals surface area contributed by atoms with Crippen molar-refractivity contribution >= 4 is 17.5 Å². The number of para-hydroxylation sites is 1. The van der Waals surface area contributed by atoms with Crippen molar-refractivity contribution in [2.45, 2.75) is 13.5 Å². The maximum absolute atomic E-state index is 12.3. The molecule has 0 radical (unpaired) electrons. The quantitative estimate of drug-likeness (QED) is 0.913. The fourth-order valence-corrected chi connectivity index (χ4v) is 2.28. The fraction of sp³-hybridized carbons (Fsp3) is 0.176. The molecule has 2 N–H and O–H groups in total. The predicted octanol–water partition coefficient (Wildman–Crippen LogP) is 2.26. The maximum Gasteiger partial charge on any atom is 0.262 e. The van der Waals surface area contributed by atoms with Gasteiger partial charge in [-0.1, -0.05) is 35.9 Å². The molecule has 2 aromatic carbocycles. The van der Waals surface area contributed by atoms with Crippen LogP contribution >= 0.6 is 0 Å². The summed E-state index contributed by atoms with van der Waals surface area (Å²) >= 11 is 0. The standard InChI is InChI=1S/C17H16N2O3/c1-11-5-7-12(8-6-11)9-18-17(21)13-3-2-4-14-16(13)22-10-15(20)19-14/h2-8H,9-10H2,1H3,(H,18,21)(H,19,20). The van der Waals surface area contributed by atoms with E-state index in [4.69, 9.17) is 4.74 Å². The molecule has 1 heterocycles. The highest BCUT2D eigenvalue weighted by molar-refractivity contribution is 6.03. The molecule has 2 amide bonds. The van der Waals surface area contributed by atoms with Crippen LogP contribution in [0.3, 0.4) is 0 Å². The Kier molecular flexibility index (Phi) is 3.78. The summed E-state index contributed by atoms with van der Waals surface area (Å²) in [5.74, 6) is -0.0261. The highest BCUT2D eigenvalue weighted by Gasteiger charge is 2.22. The van der Waals surface area contributed by atoms with Gasteiger partial charge in [0.05, 0.1) is 11.3 Å². The summed E-state index contributed by atoms with van der Waals surface area (Å²) in [6, 6.07) is 13.1. The Morgan fingerprint density at radius 1 is 1.23 bits per heavy atom. The lowest BCUT2D eigenvalue weighted by Gasteiger charge is -2.20. The molecule has 1 aliphatic heterocycles. The largest absolute Gasteiger partial charge is 0.481 e. The molecule has 0 bridgehead atoms. The summed E-state index contributed by atoms with van der Waals surface area (Å²) in [5, 5.41) is 5.56. The van der Waals surface area contributed by atoms with Crippen LogP contribution in [0.15, 0.2) is 42.5 Å². The van der Waals surface area contributed by atoms with Crippen LogP contribution < -0.4 is 15.4 Å². The van der Waals surface area contributed by atoms with Crippen LogP contribution in [0.4, 0.5) is 5.69 Å². The number of carbonyl (C=O) groups is 2. The van der Waals surface area contributed by atoms with E-state index in [0.717, 1.165) is 5.56 Å². The second-order valence-corrected chi connectivity index (χ2v) is 5.19. The number of nitrogens with one attached hydrogen (secondary N) is 2. The average molecular weight is 296 g/mol. The third-order valence-corrected chi connectivity index (χ3v) is 3.46. The molecule has 3 rings (SSSR count). The van der Waals surface area contributed by atoms with E-state index in [1.54, 1.807) is 18.2 Å². The summed E-state index contributed by atoms with van der Waals surface area (Å²) in [5.41, 5.74) is 3.15. The summed E-state index contributed by atoms with van der Waals surface area (Å²) in [7, 11) is 0. The van der Waals surface area contributed by atoms with E-state index in [2.05, 4.69) is 10.6 Å². The number of aryl methyl sites for hydroxylation is 1. The van der Waals surface area contributed by atoms with Gasteiger partial charge < -0.3 is 15.4 Å². The van der Waals surface area contributed by atoms with Gasteiger partial charge in [0.1, 0.15) is 0 Å². The molecule has 0 saturated carbocycles. The molecular weight excluding hydrogens is 280 g/mol. The molecule has 0 spiro atoms. The Hall–Kier alpha value is -2.82. The number of ether oxygens (including phenoxy) is 1. The smallest absolute Gasteiger partial charge is 0.262 e. The zero-order valence-electron chi connectivity index (χ0n) is 12.2. The minimum atomic E-state index is -0.228. The fourth-order valence-electron chi connectivity index (χ4n) is 2.28. The molecular formula is C17H16N2O3. The molecule has 0 atom stereocenters. The van der Waals surface area contributed by atoms with E-state index in [1.165, 1.54) is 5.56 Å². The molecule has 0 fully saturated rings. The molecule has 0 aliphatic carbocycles. The van der Waals surface area contributed by atoms with Crippen LogP contribution in [0.1, 0.15) is 21.5 Å². The van der Waals surface area contributed by atoms with Gasteiger partial charge in [-0.2, -0.15) is 0 Å². The van der Waals surface area contributed by atoms with Gasteiger partial charge >= 0.3 is 0 Å². The molecule has 1 aliphatic rings. The molecule has 112 valence electrons. The maximum atomic E-state index is 12.3. The minimum Gasteiger partial charge on any atom is -0.481 e. The average Bonchev–Trinajstić information content (AvgIpc) is 2.53. The minimum absolute atomic E-state index is 0.0742. The van der Waals surface area contributed by atoms with Crippen molar-refractivity contribution in [1.29, 1.82) is 0 Å². The Morgan fingerprint density at radius 2 is 2.00 bits per heavy atom. The summed E-state index contributed by atoms with van der Waals surface area (Å²) < 4.78 is 5.38. The van der Waals surface area contributed by atoms with Gasteiger partial charge in [0.15, 0.2) is 12.4 Å². The van der Waals surface area contributed by atoms with Crippen molar-refractivity contribution < 1.29 is 14.3 Å². The summed E-state index contributed by atoms with van der Waals surface area (Å²) in [6.45, 7) is 2.38. The first-order valence-corrected chi connectivity index (χ1v) is 7.03. The van der Waals surface area contributed by atoms with Crippen LogP contribution in [-0.2, 0) is 11.3 Å². The molecule has 5 nitrogen and oxygen atoms in total. The van der Waals surface area contributed by atoms with Gasteiger partial charge in [0.25, 0.3) is 11.8 Å². The van der Waals surface area contributed by atoms with Crippen LogP contribution in [0.2, 0.25) is 0 Å². The number of fused-ring (bicyclic) bond motifs is 1. The Balaban J connectivity index is 1.74. The topological polar surface area (TPSA) is 67.4 Å². The van der Waals surface area contributed by atoms with Crippen molar-refractivity contribution in [3.8, 4) is 5.75 Å². The van der Waals surface area contributed by atoms with Gasteiger partial charge in [0.2, 0.25) is 0 Å². The monoisotopic (exact) mass is 296 g/mol. The number of rotatable bonds is 3. The predicted molar refractivity (Wildman–Crippen MR) is 82.9 cm³/mol. The van der Waals surface area contributed by atoms with Gasteiger partial charge in [-0.15, -0.1) is 0 Å². The van der Waals surface area contributed by atoms with E-state index in [9.17, 15) is 9.59 Å². The van der Waals surface area contributed by atoms with Crippen LogP contribution in [0.25, 0.3) is 0 Å². The van der Waals surface area contributed by atoms with Gasteiger partial charge in [-0.3, -0.25) is 9.59 Å². The second kappa shape index (κ2) is 5.89. The van der Waals surface area contributed by atoms with Crippen molar-refractivity contribution in [1.82, 2.24) is 5.32 Å².